The van der Waals surface area contributed by atoms with Crippen LogP contribution in [0.15, 0.2) is 24.3 Å². The Labute approximate surface area is 127 Å². The van der Waals surface area contributed by atoms with E-state index in [1.165, 1.54) is 16.7 Å². The zero-order chi connectivity index (χ0) is 15.8. The predicted octanol–water partition coefficient (Wildman–Crippen LogP) is 5.02. The molecule has 1 aromatic rings. The van der Waals surface area contributed by atoms with E-state index in [1.807, 2.05) is 32.9 Å². The second-order valence-electron chi connectivity index (χ2n) is 7.49. The topological polar surface area (TPSA) is 38.3 Å². The van der Waals surface area contributed by atoms with E-state index in [0.717, 1.165) is 12.1 Å². The Morgan fingerprint density at radius 2 is 1.95 bits per heavy atom. The third-order valence-electron chi connectivity index (χ3n) is 3.43. The summed E-state index contributed by atoms with van der Waals surface area (Å²) in [7, 11) is 0. The molecule has 2 rings (SSSR count). The van der Waals surface area contributed by atoms with Crippen molar-refractivity contribution in [3.05, 3.63) is 35.4 Å². The molecule has 114 valence electrons. The average Bonchev–Trinajstić information content (AvgIpc) is 2.26. The maximum atomic E-state index is 11.8. The summed E-state index contributed by atoms with van der Waals surface area (Å²) in [4.78, 5) is 11.8. The molecule has 0 fully saturated rings. The van der Waals surface area contributed by atoms with Crippen molar-refractivity contribution >= 4 is 17.4 Å². The van der Waals surface area contributed by atoms with E-state index in [2.05, 4.69) is 38.2 Å². The number of fused-ring (bicyclic) bond motifs is 1. The molecule has 0 saturated carbocycles. The SMILES string of the molecule is CC1=CC(C)(C)Cc2ccc(NC(=O)OC(C)(C)C)cc21. The number of carbonyl (C=O) groups is 1. The third-order valence-corrected chi connectivity index (χ3v) is 3.43. The molecule has 0 aromatic heterocycles. The molecular weight excluding hydrogens is 262 g/mol. The van der Waals surface area contributed by atoms with Crippen molar-refractivity contribution in [2.75, 3.05) is 5.32 Å². The van der Waals surface area contributed by atoms with Crippen molar-refractivity contribution < 1.29 is 9.53 Å². The van der Waals surface area contributed by atoms with E-state index in [-0.39, 0.29) is 5.41 Å². The molecule has 0 bridgehead atoms. The molecule has 1 amide bonds. The minimum Gasteiger partial charge on any atom is -0.444 e. The molecule has 1 aliphatic rings. The van der Waals surface area contributed by atoms with Crippen LogP contribution in [-0.2, 0) is 11.2 Å². The minimum absolute atomic E-state index is 0.192. The van der Waals surface area contributed by atoms with Crippen molar-refractivity contribution in [1.82, 2.24) is 0 Å². The first-order valence-corrected chi connectivity index (χ1v) is 7.38. The number of carbonyl (C=O) groups excluding carboxylic acids is 1. The average molecular weight is 287 g/mol. The van der Waals surface area contributed by atoms with E-state index < -0.39 is 11.7 Å². The fourth-order valence-corrected chi connectivity index (χ4v) is 2.80. The first-order valence-electron chi connectivity index (χ1n) is 7.38. The zero-order valence-electron chi connectivity index (χ0n) is 13.8. The lowest BCUT2D eigenvalue weighted by atomic mass is 9.76. The molecule has 21 heavy (non-hydrogen) atoms. The molecule has 3 nitrogen and oxygen atoms in total. The molecule has 0 saturated heterocycles. The number of benzene rings is 1. The molecule has 0 radical (unpaired) electrons. The Balaban J connectivity index is 2.19. The van der Waals surface area contributed by atoms with Gasteiger partial charge < -0.3 is 4.74 Å². The summed E-state index contributed by atoms with van der Waals surface area (Å²) in [5, 5.41) is 2.80. The number of allylic oxidation sites excluding steroid dienone is 2. The van der Waals surface area contributed by atoms with Crippen LogP contribution in [0.3, 0.4) is 0 Å². The van der Waals surface area contributed by atoms with Crippen LogP contribution in [0.4, 0.5) is 10.5 Å². The number of rotatable bonds is 1. The molecular formula is C18H25NO2. The van der Waals surface area contributed by atoms with Crippen LogP contribution >= 0.6 is 0 Å². The van der Waals surface area contributed by atoms with Crippen LogP contribution < -0.4 is 5.32 Å². The van der Waals surface area contributed by atoms with Gasteiger partial charge in [-0.15, -0.1) is 0 Å². The summed E-state index contributed by atoms with van der Waals surface area (Å²) in [6.07, 6.45) is 2.90. The summed E-state index contributed by atoms with van der Waals surface area (Å²) in [6, 6.07) is 6.07. The molecule has 0 heterocycles. The third kappa shape index (κ3) is 4.10. The Morgan fingerprint density at radius 1 is 1.29 bits per heavy atom. The van der Waals surface area contributed by atoms with Gasteiger partial charge in [0.2, 0.25) is 0 Å². The molecule has 1 aliphatic carbocycles. The largest absolute Gasteiger partial charge is 0.444 e. The lowest BCUT2D eigenvalue weighted by Crippen LogP contribution is -2.27. The zero-order valence-corrected chi connectivity index (χ0v) is 13.8. The van der Waals surface area contributed by atoms with E-state index >= 15 is 0 Å². The van der Waals surface area contributed by atoms with E-state index in [1.54, 1.807) is 0 Å². The monoisotopic (exact) mass is 287 g/mol. The van der Waals surface area contributed by atoms with Crippen molar-refractivity contribution in [1.29, 1.82) is 0 Å². The van der Waals surface area contributed by atoms with Crippen LogP contribution in [0.5, 0.6) is 0 Å². The van der Waals surface area contributed by atoms with E-state index in [0.29, 0.717) is 0 Å². The molecule has 3 heteroatoms. The summed E-state index contributed by atoms with van der Waals surface area (Å²) in [5.74, 6) is 0. The van der Waals surface area contributed by atoms with Crippen LogP contribution in [-0.4, -0.2) is 11.7 Å². The second-order valence-corrected chi connectivity index (χ2v) is 7.49. The van der Waals surface area contributed by atoms with Gasteiger partial charge in [0.15, 0.2) is 0 Å². The number of hydrogen-bond donors (Lipinski definition) is 1. The number of anilines is 1. The summed E-state index contributed by atoms with van der Waals surface area (Å²) in [6.45, 7) is 12.2. The smallest absolute Gasteiger partial charge is 0.412 e. The lowest BCUT2D eigenvalue weighted by Gasteiger charge is -2.29. The summed E-state index contributed by atoms with van der Waals surface area (Å²) in [5.41, 5.74) is 4.28. The second kappa shape index (κ2) is 5.21. The number of hydrogen-bond acceptors (Lipinski definition) is 2. The highest BCUT2D eigenvalue weighted by atomic mass is 16.6. The van der Waals surface area contributed by atoms with Crippen LogP contribution in [0.2, 0.25) is 0 Å². The first kappa shape index (κ1) is 15.6. The highest BCUT2D eigenvalue weighted by Crippen LogP contribution is 2.37. The molecule has 0 atom stereocenters. The van der Waals surface area contributed by atoms with Gasteiger partial charge in [-0.3, -0.25) is 5.32 Å². The highest BCUT2D eigenvalue weighted by Gasteiger charge is 2.24. The van der Waals surface area contributed by atoms with Gasteiger partial charge in [-0.1, -0.05) is 26.0 Å². The van der Waals surface area contributed by atoms with Gasteiger partial charge in [0.05, 0.1) is 0 Å². The lowest BCUT2D eigenvalue weighted by molar-refractivity contribution is 0.0636. The molecule has 0 spiro atoms. The number of ether oxygens (including phenoxy) is 1. The molecule has 1 N–H and O–H groups in total. The van der Waals surface area contributed by atoms with E-state index in [9.17, 15) is 4.79 Å². The number of nitrogens with one attached hydrogen (secondary N) is 1. The standard InChI is InChI=1S/C18H25NO2/c1-12-10-18(5,6)11-13-7-8-14(9-15(12)13)19-16(20)21-17(2,3)4/h7-10H,11H2,1-6H3,(H,19,20). The first-order chi connectivity index (χ1) is 9.56. The normalized spacial score (nSPS) is 16.8. The van der Waals surface area contributed by atoms with Crippen molar-refractivity contribution in [2.24, 2.45) is 5.41 Å². The predicted molar refractivity (Wildman–Crippen MR) is 87.4 cm³/mol. The maximum Gasteiger partial charge on any atom is 0.412 e. The Hall–Kier alpha value is -1.77. The van der Waals surface area contributed by atoms with Crippen LogP contribution in [0.25, 0.3) is 5.57 Å². The van der Waals surface area contributed by atoms with Gasteiger partial charge in [-0.25, -0.2) is 4.79 Å². The Morgan fingerprint density at radius 3 is 2.57 bits per heavy atom. The van der Waals surface area contributed by atoms with Gasteiger partial charge in [0.1, 0.15) is 5.60 Å². The van der Waals surface area contributed by atoms with Gasteiger partial charge in [0, 0.05) is 5.69 Å². The van der Waals surface area contributed by atoms with Crippen LogP contribution in [0, 0.1) is 5.41 Å². The quantitative estimate of drug-likeness (QED) is 0.787. The summed E-state index contributed by atoms with van der Waals surface area (Å²) >= 11 is 0. The number of amides is 1. The highest BCUT2D eigenvalue weighted by molar-refractivity contribution is 5.86. The Kier molecular flexibility index (Phi) is 3.87. The molecule has 0 unspecified atom stereocenters. The molecule has 1 aromatic carbocycles. The van der Waals surface area contributed by atoms with Crippen molar-refractivity contribution in [3.63, 3.8) is 0 Å². The summed E-state index contributed by atoms with van der Waals surface area (Å²) < 4.78 is 5.28. The van der Waals surface area contributed by atoms with Gasteiger partial charge in [0.25, 0.3) is 0 Å². The van der Waals surface area contributed by atoms with Crippen molar-refractivity contribution in [3.8, 4) is 0 Å². The maximum absolute atomic E-state index is 11.8. The Bertz CT molecular complexity index is 592. The van der Waals surface area contributed by atoms with Gasteiger partial charge in [-0.2, -0.15) is 0 Å². The fourth-order valence-electron chi connectivity index (χ4n) is 2.80. The van der Waals surface area contributed by atoms with Crippen molar-refractivity contribution in [2.45, 2.75) is 53.6 Å². The minimum atomic E-state index is -0.488. The fraction of sp³-hybridized carbons (Fsp3) is 0.500. The molecule has 0 aliphatic heterocycles. The van der Waals surface area contributed by atoms with Crippen LogP contribution in [0.1, 0.15) is 52.7 Å². The van der Waals surface area contributed by atoms with Gasteiger partial charge >= 0.3 is 6.09 Å². The van der Waals surface area contributed by atoms with E-state index in [4.69, 9.17) is 4.74 Å². The van der Waals surface area contributed by atoms with Gasteiger partial charge in [-0.05, 0) is 68.4 Å².